The van der Waals surface area contributed by atoms with Crippen molar-refractivity contribution in [2.45, 2.75) is 25.9 Å². The molecule has 0 fully saturated rings. The van der Waals surface area contributed by atoms with Crippen molar-refractivity contribution in [1.82, 2.24) is 0 Å². The third-order valence-electron chi connectivity index (χ3n) is 4.03. The lowest BCUT2D eigenvalue weighted by Gasteiger charge is -2.13. The summed E-state index contributed by atoms with van der Waals surface area (Å²) in [4.78, 5) is 23.0. The minimum absolute atomic E-state index is 0.119. The standard InChI is InChI=1S/C20H16F3N3O3/c1-12(2)15-8-7-13(10-18(15)26(28)29)9-14(11-24)19(27)25-17-6-4-3-5-16(17)20(21,22)23/h3-10,12H,1-2H3,(H,25,27)/b14-9+. The summed E-state index contributed by atoms with van der Waals surface area (Å²) >= 11 is 0. The van der Waals surface area contributed by atoms with E-state index in [-0.39, 0.29) is 17.2 Å². The smallest absolute Gasteiger partial charge is 0.321 e. The topological polar surface area (TPSA) is 96.0 Å². The molecule has 0 heterocycles. The van der Waals surface area contributed by atoms with E-state index in [9.17, 15) is 33.3 Å². The van der Waals surface area contributed by atoms with Gasteiger partial charge in [0, 0.05) is 11.6 Å². The van der Waals surface area contributed by atoms with Crippen molar-refractivity contribution < 1.29 is 22.9 Å². The van der Waals surface area contributed by atoms with Gasteiger partial charge in [-0.15, -0.1) is 0 Å². The second-order valence-electron chi connectivity index (χ2n) is 6.40. The molecule has 0 saturated heterocycles. The second-order valence-corrected chi connectivity index (χ2v) is 6.40. The van der Waals surface area contributed by atoms with E-state index in [1.165, 1.54) is 30.3 Å². The zero-order chi connectivity index (χ0) is 21.8. The average molecular weight is 403 g/mol. The van der Waals surface area contributed by atoms with Gasteiger partial charge in [0.15, 0.2) is 0 Å². The number of nitro groups is 1. The third kappa shape index (κ3) is 5.19. The van der Waals surface area contributed by atoms with Gasteiger partial charge in [-0.1, -0.05) is 38.1 Å². The maximum absolute atomic E-state index is 13.1. The van der Waals surface area contributed by atoms with Gasteiger partial charge in [0.2, 0.25) is 0 Å². The van der Waals surface area contributed by atoms with Gasteiger partial charge in [-0.2, -0.15) is 18.4 Å². The second kappa shape index (κ2) is 8.56. The highest BCUT2D eigenvalue weighted by Gasteiger charge is 2.33. The molecule has 0 aliphatic rings. The number of anilines is 1. The molecule has 2 aromatic rings. The molecule has 150 valence electrons. The van der Waals surface area contributed by atoms with Gasteiger partial charge in [-0.3, -0.25) is 14.9 Å². The quantitative estimate of drug-likeness (QED) is 0.318. The van der Waals surface area contributed by atoms with Crippen LogP contribution in [-0.2, 0) is 11.0 Å². The van der Waals surface area contributed by atoms with Crippen molar-refractivity contribution in [3.8, 4) is 6.07 Å². The first-order valence-electron chi connectivity index (χ1n) is 8.42. The predicted molar refractivity (Wildman–Crippen MR) is 101 cm³/mol. The number of nitrogens with zero attached hydrogens (tertiary/aromatic N) is 2. The largest absolute Gasteiger partial charge is 0.418 e. The Bertz CT molecular complexity index is 1020. The fourth-order valence-corrected chi connectivity index (χ4v) is 2.64. The van der Waals surface area contributed by atoms with Crippen LogP contribution in [0.1, 0.15) is 36.5 Å². The summed E-state index contributed by atoms with van der Waals surface area (Å²) in [6, 6.07) is 10.2. The highest BCUT2D eigenvalue weighted by molar-refractivity contribution is 6.10. The van der Waals surface area contributed by atoms with Crippen LogP contribution in [0, 0.1) is 21.4 Å². The first-order chi connectivity index (χ1) is 13.5. The Balaban J connectivity index is 2.39. The van der Waals surface area contributed by atoms with E-state index in [0.717, 1.165) is 18.2 Å². The first kappa shape index (κ1) is 21.6. The maximum Gasteiger partial charge on any atom is 0.418 e. The van der Waals surface area contributed by atoms with Crippen LogP contribution in [0.25, 0.3) is 6.08 Å². The highest BCUT2D eigenvalue weighted by Crippen LogP contribution is 2.35. The molecule has 29 heavy (non-hydrogen) atoms. The summed E-state index contributed by atoms with van der Waals surface area (Å²) in [5.41, 5.74) is -1.52. The third-order valence-corrected chi connectivity index (χ3v) is 4.03. The van der Waals surface area contributed by atoms with Crippen molar-refractivity contribution in [3.05, 3.63) is 74.8 Å². The number of carbonyl (C=O) groups excluding carboxylic acids is 1. The highest BCUT2D eigenvalue weighted by atomic mass is 19.4. The lowest BCUT2D eigenvalue weighted by molar-refractivity contribution is -0.385. The van der Waals surface area contributed by atoms with Gasteiger partial charge in [-0.25, -0.2) is 0 Å². The van der Waals surface area contributed by atoms with Gasteiger partial charge < -0.3 is 5.32 Å². The van der Waals surface area contributed by atoms with Crippen LogP contribution in [0.15, 0.2) is 48.0 Å². The monoisotopic (exact) mass is 403 g/mol. The zero-order valence-corrected chi connectivity index (χ0v) is 15.4. The Morgan fingerprint density at radius 2 is 1.90 bits per heavy atom. The molecule has 0 radical (unpaired) electrons. The van der Waals surface area contributed by atoms with Crippen LogP contribution in [0.4, 0.5) is 24.5 Å². The Labute approximate surface area is 164 Å². The molecule has 0 unspecified atom stereocenters. The molecule has 0 aliphatic carbocycles. The van der Waals surface area contributed by atoms with Crippen molar-refractivity contribution in [2.75, 3.05) is 5.32 Å². The zero-order valence-electron chi connectivity index (χ0n) is 15.4. The number of hydrogen-bond acceptors (Lipinski definition) is 4. The summed E-state index contributed by atoms with van der Waals surface area (Å²) in [5.74, 6) is -1.18. The number of nitriles is 1. The van der Waals surface area contributed by atoms with Crippen LogP contribution < -0.4 is 5.32 Å². The number of amides is 1. The van der Waals surface area contributed by atoms with E-state index >= 15 is 0 Å². The lowest BCUT2D eigenvalue weighted by Crippen LogP contribution is -2.17. The van der Waals surface area contributed by atoms with Gasteiger partial charge in [0.25, 0.3) is 11.6 Å². The van der Waals surface area contributed by atoms with Gasteiger partial charge in [-0.05, 0) is 29.7 Å². The summed E-state index contributed by atoms with van der Waals surface area (Å²) in [5, 5.41) is 22.6. The number of hydrogen-bond donors (Lipinski definition) is 1. The van der Waals surface area contributed by atoms with Crippen molar-refractivity contribution in [3.63, 3.8) is 0 Å². The molecule has 0 atom stereocenters. The summed E-state index contributed by atoms with van der Waals surface area (Å²) < 4.78 is 39.2. The molecule has 2 rings (SSSR count). The van der Waals surface area contributed by atoms with E-state index in [1.54, 1.807) is 19.9 Å². The molecule has 0 spiro atoms. The fraction of sp³-hybridized carbons (Fsp3) is 0.200. The maximum atomic E-state index is 13.1. The molecule has 0 saturated carbocycles. The predicted octanol–water partition coefficient (Wildman–Crippen LogP) is 5.28. The number of carbonyl (C=O) groups is 1. The number of rotatable bonds is 5. The number of halogens is 3. The van der Waals surface area contributed by atoms with E-state index in [2.05, 4.69) is 5.32 Å². The minimum Gasteiger partial charge on any atom is -0.321 e. The number of alkyl halides is 3. The van der Waals surface area contributed by atoms with Crippen molar-refractivity contribution >= 4 is 23.4 Å². The number of nitro benzene ring substituents is 1. The first-order valence-corrected chi connectivity index (χ1v) is 8.42. The Morgan fingerprint density at radius 3 is 2.45 bits per heavy atom. The van der Waals surface area contributed by atoms with Crippen LogP contribution in [0.3, 0.4) is 0 Å². The summed E-state index contributed by atoms with van der Waals surface area (Å²) in [6.07, 6.45) is -3.60. The Kier molecular flexibility index (Phi) is 6.38. The van der Waals surface area contributed by atoms with Crippen LogP contribution in [0.2, 0.25) is 0 Å². The van der Waals surface area contributed by atoms with Gasteiger partial charge >= 0.3 is 6.18 Å². The molecular formula is C20H16F3N3O3. The van der Waals surface area contributed by atoms with E-state index < -0.39 is 33.8 Å². The van der Waals surface area contributed by atoms with Gasteiger partial charge in [0.05, 0.1) is 16.2 Å². The molecule has 1 amide bonds. The molecule has 1 N–H and O–H groups in total. The van der Waals surface area contributed by atoms with Crippen molar-refractivity contribution in [2.24, 2.45) is 0 Å². The summed E-state index contributed by atoms with van der Waals surface area (Å²) in [7, 11) is 0. The molecule has 0 aliphatic heterocycles. The Hall–Kier alpha value is -3.67. The molecule has 6 nitrogen and oxygen atoms in total. The number of para-hydroxylation sites is 1. The van der Waals surface area contributed by atoms with E-state index in [1.807, 2.05) is 0 Å². The minimum atomic E-state index is -4.69. The summed E-state index contributed by atoms with van der Waals surface area (Å²) in [6.45, 7) is 3.56. The van der Waals surface area contributed by atoms with Gasteiger partial charge in [0.1, 0.15) is 11.6 Å². The van der Waals surface area contributed by atoms with E-state index in [0.29, 0.717) is 5.56 Å². The fourth-order valence-electron chi connectivity index (χ4n) is 2.64. The molecule has 9 heteroatoms. The van der Waals surface area contributed by atoms with Crippen LogP contribution >= 0.6 is 0 Å². The normalized spacial score (nSPS) is 11.8. The molecule has 2 aromatic carbocycles. The molecule has 0 aromatic heterocycles. The number of nitrogens with one attached hydrogen (secondary N) is 1. The Morgan fingerprint density at radius 1 is 1.24 bits per heavy atom. The average Bonchev–Trinajstić information content (AvgIpc) is 2.65. The molecule has 0 bridgehead atoms. The number of benzene rings is 2. The van der Waals surface area contributed by atoms with Crippen molar-refractivity contribution in [1.29, 1.82) is 5.26 Å². The van der Waals surface area contributed by atoms with E-state index in [4.69, 9.17) is 0 Å². The van der Waals surface area contributed by atoms with Crippen LogP contribution in [0.5, 0.6) is 0 Å². The van der Waals surface area contributed by atoms with Crippen LogP contribution in [-0.4, -0.2) is 10.8 Å². The molecular weight excluding hydrogens is 387 g/mol. The lowest BCUT2D eigenvalue weighted by atomic mass is 9.98. The SMILES string of the molecule is CC(C)c1ccc(/C=C(\C#N)C(=O)Nc2ccccc2C(F)(F)F)cc1[N+](=O)[O-].